The van der Waals surface area contributed by atoms with Crippen LogP contribution in [-0.2, 0) is 17.8 Å². The number of imidazole rings is 1. The van der Waals surface area contributed by atoms with Gasteiger partial charge in [0.25, 0.3) is 0 Å². The lowest BCUT2D eigenvalue weighted by Gasteiger charge is -2.08. The van der Waals surface area contributed by atoms with Gasteiger partial charge in [0.1, 0.15) is 5.52 Å². The van der Waals surface area contributed by atoms with E-state index in [4.69, 9.17) is 22.1 Å². The van der Waals surface area contributed by atoms with Gasteiger partial charge in [-0.25, -0.2) is 9.78 Å². The third-order valence-corrected chi connectivity index (χ3v) is 5.16. The second-order valence-corrected chi connectivity index (χ2v) is 7.59. The van der Waals surface area contributed by atoms with Crippen LogP contribution in [0.4, 0.5) is 10.6 Å². The van der Waals surface area contributed by atoms with Crippen LogP contribution in [0.25, 0.3) is 22.3 Å². The molecule has 9 heteroatoms. The molecule has 2 aromatic carbocycles. The van der Waals surface area contributed by atoms with Gasteiger partial charge in [-0.05, 0) is 41.1 Å². The Morgan fingerprint density at radius 3 is 2.47 bits per heavy atom. The highest BCUT2D eigenvalue weighted by Crippen LogP contribution is 2.20. The summed E-state index contributed by atoms with van der Waals surface area (Å²) in [5.74, 6) is 0.258. The molecule has 0 aliphatic rings. The molecule has 0 atom stereocenters. The molecule has 0 radical (unpaired) electrons. The van der Waals surface area contributed by atoms with Crippen molar-refractivity contribution in [1.82, 2.24) is 24.8 Å². The summed E-state index contributed by atoms with van der Waals surface area (Å²) in [6.07, 6.45) is 2.70. The summed E-state index contributed by atoms with van der Waals surface area (Å²) in [5.41, 5.74) is 10.2. The first kappa shape index (κ1) is 25.0. The number of amides is 1. The molecule has 178 valence electrons. The average molecular weight is 481 g/mol. The topological polar surface area (TPSA) is 108 Å². The van der Waals surface area contributed by atoms with E-state index in [9.17, 15) is 4.79 Å². The van der Waals surface area contributed by atoms with Gasteiger partial charge in [0.15, 0.2) is 11.5 Å². The first-order valence-electron chi connectivity index (χ1n) is 11.3. The first-order chi connectivity index (χ1) is 16.6. The van der Waals surface area contributed by atoms with Crippen LogP contribution in [0.15, 0.2) is 60.9 Å². The highest BCUT2D eigenvalue weighted by Gasteiger charge is 2.10. The largest absolute Gasteiger partial charge is 0.450 e. The van der Waals surface area contributed by atoms with Crippen molar-refractivity contribution in [2.45, 2.75) is 39.8 Å². The molecule has 8 nitrogen and oxygen atoms in total. The van der Waals surface area contributed by atoms with Crippen molar-refractivity contribution in [3.8, 4) is 11.1 Å². The number of nitrogens with one attached hydrogen (secondary N) is 1. The summed E-state index contributed by atoms with van der Waals surface area (Å²) in [5, 5.41) is 2.87. The van der Waals surface area contributed by atoms with E-state index in [2.05, 4.69) is 32.4 Å². The fraction of sp³-hybridized carbons (Fsp3) is 0.280. The van der Waals surface area contributed by atoms with Crippen molar-refractivity contribution in [3.05, 3.63) is 71.8 Å². The zero-order valence-corrected chi connectivity index (χ0v) is 20.1. The Bertz CT molecular complexity index is 1200. The lowest BCUT2D eigenvalue weighted by Crippen LogP contribution is -2.24. The number of alkyl carbamates (subject to hydrolysis) is 1. The Morgan fingerprint density at radius 2 is 1.74 bits per heavy atom. The average Bonchev–Trinajstić information content (AvgIpc) is 3.27. The van der Waals surface area contributed by atoms with E-state index in [1.165, 1.54) is 0 Å². The third-order valence-electron chi connectivity index (χ3n) is 4.99. The number of nitrogens with two attached hydrogens (primary N) is 1. The standard InChI is InChI=1S/C23H23ClN6O2.C2H6/c24-22-28-20(25)19-21(29-22)30(15-27-19)12-4-5-13-32-23(31)26-14-16-8-10-18(11-9-16)17-6-2-1-3-7-17;1-2/h1-3,6-11,15H,4-5,12-14H2,(H,26,31)(H2,25,28,29);1-2H3. The van der Waals surface area contributed by atoms with Crippen LogP contribution >= 0.6 is 11.6 Å². The van der Waals surface area contributed by atoms with E-state index in [-0.39, 0.29) is 11.1 Å². The van der Waals surface area contributed by atoms with Crippen LogP contribution in [0.2, 0.25) is 5.28 Å². The predicted octanol–water partition coefficient (Wildman–Crippen LogP) is 5.46. The summed E-state index contributed by atoms with van der Waals surface area (Å²) >= 11 is 5.87. The minimum absolute atomic E-state index is 0.0893. The molecule has 4 rings (SSSR count). The van der Waals surface area contributed by atoms with Gasteiger partial charge >= 0.3 is 6.09 Å². The number of halogens is 1. The Labute approximate surface area is 204 Å². The fourth-order valence-corrected chi connectivity index (χ4v) is 3.49. The Kier molecular flexibility index (Phi) is 9.22. The van der Waals surface area contributed by atoms with Crippen LogP contribution < -0.4 is 11.1 Å². The molecule has 0 unspecified atom stereocenters. The Hall–Kier alpha value is -3.65. The van der Waals surface area contributed by atoms with Crippen molar-refractivity contribution in [2.75, 3.05) is 12.3 Å². The van der Waals surface area contributed by atoms with E-state index in [1.807, 2.05) is 60.9 Å². The molecular formula is C25H29ClN6O2. The summed E-state index contributed by atoms with van der Waals surface area (Å²) in [6, 6.07) is 18.2. The number of nitrogen functional groups attached to an aromatic ring is 1. The Balaban J connectivity index is 0.00000158. The number of carbonyl (C=O) groups is 1. The minimum Gasteiger partial charge on any atom is -0.450 e. The van der Waals surface area contributed by atoms with Crippen LogP contribution in [0, 0.1) is 0 Å². The van der Waals surface area contributed by atoms with E-state index in [1.54, 1.807) is 6.33 Å². The molecule has 0 spiro atoms. The lowest BCUT2D eigenvalue weighted by molar-refractivity contribution is 0.143. The van der Waals surface area contributed by atoms with E-state index < -0.39 is 6.09 Å². The smallest absolute Gasteiger partial charge is 0.407 e. The number of aromatic nitrogens is 4. The monoisotopic (exact) mass is 480 g/mol. The normalized spacial score (nSPS) is 10.4. The minimum atomic E-state index is -0.433. The fourth-order valence-electron chi connectivity index (χ4n) is 3.32. The molecule has 0 aliphatic heterocycles. The Morgan fingerprint density at radius 1 is 1.03 bits per heavy atom. The maximum Gasteiger partial charge on any atom is 0.407 e. The molecule has 34 heavy (non-hydrogen) atoms. The molecule has 0 aliphatic carbocycles. The number of fused-ring (bicyclic) bond motifs is 1. The van der Waals surface area contributed by atoms with Crippen molar-refractivity contribution in [3.63, 3.8) is 0 Å². The number of rotatable bonds is 8. The molecule has 2 aromatic heterocycles. The SMILES string of the molecule is CC.Nc1nc(Cl)nc2c1ncn2CCCCOC(=O)NCc1ccc(-c2ccccc2)cc1. The van der Waals surface area contributed by atoms with E-state index in [0.717, 1.165) is 23.1 Å². The summed E-state index contributed by atoms with van der Waals surface area (Å²) in [4.78, 5) is 24.2. The van der Waals surface area contributed by atoms with Crippen molar-refractivity contribution in [2.24, 2.45) is 0 Å². The highest BCUT2D eigenvalue weighted by molar-refractivity contribution is 6.28. The molecule has 0 saturated heterocycles. The molecule has 4 aromatic rings. The second kappa shape index (κ2) is 12.6. The van der Waals surface area contributed by atoms with Crippen molar-refractivity contribution in [1.29, 1.82) is 0 Å². The van der Waals surface area contributed by atoms with E-state index >= 15 is 0 Å². The first-order valence-corrected chi connectivity index (χ1v) is 11.7. The van der Waals surface area contributed by atoms with Crippen LogP contribution in [0.1, 0.15) is 32.3 Å². The highest BCUT2D eigenvalue weighted by atomic mass is 35.5. The van der Waals surface area contributed by atoms with Gasteiger partial charge in [0, 0.05) is 13.1 Å². The maximum absolute atomic E-state index is 12.0. The number of carbonyl (C=O) groups excluding carboxylic acids is 1. The number of anilines is 1. The number of aryl methyl sites for hydroxylation is 1. The number of unbranched alkanes of at least 4 members (excludes halogenated alkanes) is 1. The number of ether oxygens (including phenoxy) is 1. The molecular weight excluding hydrogens is 452 g/mol. The van der Waals surface area contributed by atoms with Crippen LogP contribution in [0.3, 0.4) is 0 Å². The molecule has 1 amide bonds. The van der Waals surface area contributed by atoms with Gasteiger partial charge in [-0.15, -0.1) is 0 Å². The zero-order chi connectivity index (χ0) is 24.3. The summed E-state index contributed by atoms with van der Waals surface area (Å²) < 4.78 is 7.12. The van der Waals surface area contributed by atoms with Crippen molar-refractivity contribution < 1.29 is 9.53 Å². The molecule has 3 N–H and O–H groups in total. The maximum atomic E-state index is 12.0. The quantitative estimate of drug-likeness (QED) is 0.256. The molecule has 0 bridgehead atoms. The van der Waals surface area contributed by atoms with Gasteiger partial charge in [-0.1, -0.05) is 68.4 Å². The van der Waals surface area contributed by atoms with E-state index in [0.29, 0.717) is 37.3 Å². The third kappa shape index (κ3) is 6.68. The second-order valence-electron chi connectivity index (χ2n) is 7.25. The number of hydrogen-bond donors (Lipinski definition) is 2. The number of benzene rings is 2. The van der Waals surface area contributed by atoms with Gasteiger partial charge in [0.2, 0.25) is 5.28 Å². The number of hydrogen-bond acceptors (Lipinski definition) is 6. The van der Waals surface area contributed by atoms with Crippen LogP contribution in [-0.4, -0.2) is 32.2 Å². The van der Waals surface area contributed by atoms with Gasteiger partial charge in [-0.3, -0.25) is 0 Å². The molecule has 0 saturated carbocycles. The van der Waals surface area contributed by atoms with Crippen molar-refractivity contribution >= 4 is 34.7 Å². The summed E-state index contributed by atoms with van der Waals surface area (Å²) in [6.45, 7) is 5.39. The van der Waals surface area contributed by atoms with Gasteiger partial charge in [0.05, 0.1) is 12.9 Å². The molecule has 2 heterocycles. The molecule has 0 fully saturated rings. The van der Waals surface area contributed by atoms with Gasteiger partial charge < -0.3 is 20.4 Å². The number of nitrogens with zero attached hydrogens (tertiary/aromatic N) is 4. The van der Waals surface area contributed by atoms with Crippen LogP contribution in [0.5, 0.6) is 0 Å². The predicted molar refractivity (Wildman–Crippen MR) is 135 cm³/mol. The van der Waals surface area contributed by atoms with Gasteiger partial charge in [-0.2, -0.15) is 9.97 Å². The lowest BCUT2D eigenvalue weighted by atomic mass is 10.0. The summed E-state index contributed by atoms with van der Waals surface area (Å²) in [7, 11) is 0. The zero-order valence-electron chi connectivity index (χ0n) is 19.4.